The molecule has 0 saturated heterocycles. The van der Waals surface area contributed by atoms with Crippen molar-refractivity contribution in [1.82, 2.24) is 5.32 Å². The highest BCUT2D eigenvalue weighted by Gasteiger charge is 2.17. The molecule has 0 spiro atoms. The van der Waals surface area contributed by atoms with E-state index in [2.05, 4.69) is 45.3 Å². The number of para-hydroxylation sites is 1. The van der Waals surface area contributed by atoms with Crippen LogP contribution in [0.1, 0.15) is 96.1 Å². The summed E-state index contributed by atoms with van der Waals surface area (Å²) < 4.78 is 0. The molecule has 0 radical (unpaired) electrons. The third-order valence-electron chi connectivity index (χ3n) is 4.56. The monoisotopic (exact) mass is 360 g/mol. The maximum atomic E-state index is 12.4. The number of rotatable bonds is 11. The molecule has 1 aromatic carbocycles. The number of amides is 2. The van der Waals surface area contributed by atoms with Gasteiger partial charge in [0.25, 0.3) is 0 Å². The largest absolute Gasteiger partial charge is 0.356 e. The Hall–Kier alpha value is -1.84. The molecular formula is C22H36N2O2. The minimum Gasteiger partial charge on any atom is -0.356 e. The second kappa shape index (κ2) is 11.7. The number of unbranched alkanes of at least 4 members (excludes halogenated alkanes) is 4. The Morgan fingerprint density at radius 2 is 1.46 bits per heavy atom. The van der Waals surface area contributed by atoms with Gasteiger partial charge >= 0.3 is 0 Å². The molecule has 2 amide bonds. The van der Waals surface area contributed by atoms with E-state index in [4.69, 9.17) is 0 Å². The molecule has 146 valence electrons. The first-order valence-corrected chi connectivity index (χ1v) is 10.1. The first-order chi connectivity index (χ1) is 12.4. The van der Waals surface area contributed by atoms with Gasteiger partial charge in [-0.1, -0.05) is 78.5 Å². The number of hydrogen-bond acceptors (Lipinski definition) is 2. The molecule has 0 saturated carbocycles. The number of carbonyl (C=O) groups is 2. The molecule has 0 fully saturated rings. The van der Waals surface area contributed by atoms with Crippen LogP contribution in [-0.4, -0.2) is 18.4 Å². The highest BCUT2D eigenvalue weighted by Crippen LogP contribution is 2.32. The van der Waals surface area contributed by atoms with E-state index in [0.29, 0.717) is 18.4 Å². The zero-order valence-electron chi connectivity index (χ0n) is 17.2. The number of nitrogens with one attached hydrogen (secondary N) is 2. The molecule has 26 heavy (non-hydrogen) atoms. The summed E-state index contributed by atoms with van der Waals surface area (Å²) in [5.74, 6) is 0.163. The van der Waals surface area contributed by atoms with Crippen molar-refractivity contribution < 1.29 is 9.59 Å². The van der Waals surface area contributed by atoms with Crippen LogP contribution in [0.3, 0.4) is 0 Å². The Balaban J connectivity index is 2.58. The zero-order chi connectivity index (χ0) is 19.5. The van der Waals surface area contributed by atoms with Gasteiger partial charge in [-0.3, -0.25) is 9.59 Å². The lowest BCUT2D eigenvalue weighted by molar-refractivity contribution is -0.126. The van der Waals surface area contributed by atoms with E-state index in [-0.39, 0.29) is 18.2 Å². The quantitative estimate of drug-likeness (QED) is 0.413. The van der Waals surface area contributed by atoms with Crippen molar-refractivity contribution in [1.29, 1.82) is 0 Å². The first kappa shape index (κ1) is 22.2. The van der Waals surface area contributed by atoms with E-state index in [1.807, 2.05) is 18.2 Å². The molecule has 0 atom stereocenters. The van der Waals surface area contributed by atoms with Crippen molar-refractivity contribution in [2.45, 2.75) is 85.0 Å². The van der Waals surface area contributed by atoms with Gasteiger partial charge in [0.15, 0.2) is 0 Å². The van der Waals surface area contributed by atoms with Crippen molar-refractivity contribution in [3.8, 4) is 0 Å². The topological polar surface area (TPSA) is 58.2 Å². The van der Waals surface area contributed by atoms with Crippen LogP contribution in [-0.2, 0) is 9.59 Å². The van der Waals surface area contributed by atoms with Crippen LogP contribution < -0.4 is 10.6 Å². The Bertz CT molecular complexity index is 553. The van der Waals surface area contributed by atoms with Crippen molar-refractivity contribution in [3.63, 3.8) is 0 Å². The molecule has 2 N–H and O–H groups in total. The average Bonchev–Trinajstić information content (AvgIpc) is 2.57. The van der Waals surface area contributed by atoms with Gasteiger partial charge < -0.3 is 10.6 Å². The molecule has 4 nitrogen and oxygen atoms in total. The molecule has 0 aromatic heterocycles. The highest BCUT2D eigenvalue weighted by atomic mass is 16.2. The Kier molecular flexibility index (Phi) is 10.0. The van der Waals surface area contributed by atoms with Gasteiger partial charge in [-0.25, -0.2) is 0 Å². The second-order valence-corrected chi connectivity index (χ2v) is 7.61. The number of anilines is 1. The fourth-order valence-corrected chi connectivity index (χ4v) is 3.04. The van der Waals surface area contributed by atoms with Crippen molar-refractivity contribution >= 4 is 17.5 Å². The van der Waals surface area contributed by atoms with Gasteiger partial charge in [-0.15, -0.1) is 0 Å². The van der Waals surface area contributed by atoms with E-state index in [1.165, 1.54) is 19.3 Å². The molecular weight excluding hydrogens is 324 g/mol. The highest BCUT2D eigenvalue weighted by molar-refractivity contribution is 6.04. The second-order valence-electron chi connectivity index (χ2n) is 7.61. The van der Waals surface area contributed by atoms with Crippen LogP contribution in [0.25, 0.3) is 0 Å². The summed E-state index contributed by atoms with van der Waals surface area (Å²) in [6.45, 7) is 11.3. The molecule has 0 bridgehead atoms. The molecule has 0 heterocycles. The van der Waals surface area contributed by atoms with Crippen molar-refractivity contribution in [3.05, 3.63) is 29.3 Å². The summed E-state index contributed by atoms with van der Waals surface area (Å²) >= 11 is 0. The molecule has 0 aliphatic carbocycles. The summed E-state index contributed by atoms with van der Waals surface area (Å²) in [4.78, 5) is 24.4. The maximum absolute atomic E-state index is 12.4. The summed E-state index contributed by atoms with van der Waals surface area (Å²) in [5.41, 5.74) is 3.09. The SMILES string of the molecule is CCCCCCCNC(=O)CC(=O)Nc1c(C(C)C)cccc1C(C)C. The first-order valence-electron chi connectivity index (χ1n) is 10.1. The van der Waals surface area contributed by atoms with E-state index < -0.39 is 0 Å². The number of benzene rings is 1. The summed E-state index contributed by atoms with van der Waals surface area (Å²) in [6.07, 6.45) is 5.63. The van der Waals surface area contributed by atoms with Gasteiger partial charge in [-0.2, -0.15) is 0 Å². The Morgan fingerprint density at radius 1 is 0.885 bits per heavy atom. The van der Waals surface area contributed by atoms with Crippen LogP contribution in [0.4, 0.5) is 5.69 Å². The fourth-order valence-electron chi connectivity index (χ4n) is 3.04. The standard InChI is InChI=1S/C22H36N2O2/c1-6-7-8-9-10-14-23-20(25)15-21(26)24-22-18(16(2)3)12-11-13-19(22)17(4)5/h11-13,16-17H,6-10,14-15H2,1-5H3,(H,23,25)(H,24,26). The van der Waals surface area contributed by atoms with E-state index in [1.54, 1.807) is 0 Å². The van der Waals surface area contributed by atoms with Gasteiger partial charge in [0.1, 0.15) is 6.42 Å². The average molecular weight is 361 g/mol. The van der Waals surface area contributed by atoms with Crippen LogP contribution in [0.5, 0.6) is 0 Å². The Morgan fingerprint density at radius 3 is 2.00 bits per heavy atom. The zero-order valence-corrected chi connectivity index (χ0v) is 17.2. The molecule has 0 aliphatic rings. The molecule has 0 unspecified atom stereocenters. The van der Waals surface area contributed by atoms with Crippen molar-refractivity contribution in [2.75, 3.05) is 11.9 Å². The number of carbonyl (C=O) groups excluding carboxylic acids is 2. The van der Waals surface area contributed by atoms with Gasteiger partial charge in [0.2, 0.25) is 11.8 Å². The summed E-state index contributed by atoms with van der Waals surface area (Å²) in [7, 11) is 0. The number of hydrogen-bond donors (Lipinski definition) is 2. The van der Waals surface area contributed by atoms with Crippen LogP contribution in [0, 0.1) is 0 Å². The molecule has 0 aliphatic heterocycles. The summed E-state index contributed by atoms with van der Waals surface area (Å²) in [5, 5.41) is 5.84. The minimum atomic E-state index is -0.247. The van der Waals surface area contributed by atoms with Crippen LogP contribution in [0.15, 0.2) is 18.2 Å². The van der Waals surface area contributed by atoms with E-state index in [9.17, 15) is 9.59 Å². The predicted molar refractivity (Wildman–Crippen MR) is 110 cm³/mol. The van der Waals surface area contributed by atoms with Crippen molar-refractivity contribution in [2.24, 2.45) is 0 Å². The van der Waals surface area contributed by atoms with Crippen LogP contribution >= 0.6 is 0 Å². The van der Waals surface area contributed by atoms with E-state index in [0.717, 1.165) is 29.7 Å². The predicted octanol–water partition coefficient (Wildman–Crippen LogP) is 5.35. The maximum Gasteiger partial charge on any atom is 0.233 e. The Labute approximate surface area is 159 Å². The van der Waals surface area contributed by atoms with E-state index >= 15 is 0 Å². The smallest absolute Gasteiger partial charge is 0.233 e. The molecule has 4 heteroatoms. The summed E-state index contributed by atoms with van der Waals surface area (Å²) in [6, 6.07) is 6.12. The lowest BCUT2D eigenvalue weighted by Crippen LogP contribution is -2.29. The van der Waals surface area contributed by atoms with Gasteiger partial charge in [-0.05, 0) is 29.4 Å². The minimum absolute atomic E-state index is 0.126. The fraction of sp³-hybridized carbons (Fsp3) is 0.636. The lowest BCUT2D eigenvalue weighted by atomic mass is 9.92. The third-order valence-corrected chi connectivity index (χ3v) is 4.56. The van der Waals surface area contributed by atoms with Gasteiger partial charge in [0, 0.05) is 12.2 Å². The normalized spacial score (nSPS) is 11.0. The lowest BCUT2D eigenvalue weighted by Gasteiger charge is -2.20. The van der Waals surface area contributed by atoms with Gasteiger partial charge in [0.05, 0.1) is 0 Å². The third kappa shape index (κ3) is 7.59. The molecule has 1 rings (SSSR count). The van der Waals surface area contributed by atoms with Crippen LogP contribution in [0.2, 0.25) is 0 Å². The molecule has 1 aromatic rings.